The highest BCUT2D eigenvalue weighted by molar-refractivity contribution is 5.82. The fraction of sp³-hybridized carbons (Fsp3) is 0.875. The summed E-state index contributed by atoms with van der Waals surface area (Å²) in [5.41, 5.74) is -0.227. The Morgan fingerprint density at radius 1 is 1.36 bits per heavy atom. The molecule has 22 heavy (non-hydrogen) atoms. The number of amides is 2. The van der Waals surface area contributed by atoms with Crippen molar-refractivity contribution in [3.8, 4) is 0 Å². The number of rotatable bonds is 5. The van der Waals surface area contributed by atoms with Crippen LogP contribution in [0.5, 0.6) is 0 Å². The fourth-order valence-corrected chi connectivity index (χ4v) is 3.44. The van der Waals surface area contributed by atoms with Crippen molar-refractivity contribution in [2.75, 3.05) is 47.0 Å². The smallest absolute Gasteiger partial charge is 0.248 e. The molecule has 3 atom stereocenters. The van der Waals surface area contributed by atoms with Crippen molar-refractivity contribution in [1.82, 2.24) is 9.80 Å². The average molecular weight is 310 g/mol. The summed E-state index contributed by atoms with van der Waals surface area (Å²) < 4.78 is 11.5. The maximum absolute atomic E-state index is 12.2. The van der Waals surface area contributed by atoms with E-state index in [9.17, 15) is 9.59 Å². The lowest BCUT2D eigenvalue weighted by molar-refractivity contribution is -0.170. The Kier molecular flexibility index (Phi) is 4.16. The minimum Gasteiger partial charge on any atom is -0.371 e. The molecular weight excluding hydrogens is 284 g/mol. The Hall–Kier alpha value is -1.14. The number of likely N-dealkylation sites (tertiary alicyclic amines) is 1. The molecule has 3 unspecified atom stereocenters. The van der Waals surface area contributed by atoms with Crippen LogP contribution in [-0.4, -0.2) is 74.2 Å². The molecule has 0 aromatic carbocycles. The lowest BCUT2D eigenvalue weighted by Gasteiger charge is -2.50. The number of carbonyl (C=O) groups excluding carboxylic acids is 2. The van der Waals surface area contributed by atoms with Crippen LogP contribution >= 0.6 is 0 Å². The molecule has 2 amide bonds. The van der Waals surface area contributed by atoms with Crippen LogP contribution in [0.4, 0.5) is 0 Å². The second-order valence-corrected chi connectivity index (χ2v) is 7.22. The van der Waals surface area contributed by atoms with Crippen molar-refractivity contribution >= 4 is 11.8 Å². The van der Waals surface area contributed by atoms with Crippen LogP contribution < -0.4 is 0 Å². The van der Waals surface area contributed by atoms with Gasteiger partial charge in [-0.15, -0.1) is 0 Å². The zero-order chi connectivity index (χ0) is 15.9. The molecule has 2 aliphatic heterocycles. The number of hydrogen-bond donors (Lipinski definition) is 0. The van der Waals surface area contributed by atoms with Crippen LogP contribution in [0.1, 0.15) is 19.8 Å². The van der Waals surface area contributed by atoms with Gasteiger partial charge in [-0.05, 0) is 18.8 Å². The largest absolute Gasteiger partial charge is 0.371 e. The Bertz CT molecular complexity index is 459. The van der Waals surface area contributed by atoms with Crippen molar-refractivity contribution < 1.29 is 19.1 Å². The zero-order valence-electron chi connectivity index (χ0n) is 13.7. The van der Waals surface area contributed by atoms with E-state index in [0.717, 1.165) is 19.4 Å². The first-order chi connectivity index (χ1) is 10.4. The van der Waals surface area contributed by atoms with Gasteiger partial charge in [-0.1, -0.05) is 6.92 Å². The standard InChI is InChI=1S/C16H26N2O4/c1-11-6-13(11)15(20)18-9-16(10-18)12(4-5-22-16)7-21-8-14(19)17(2)3/h11-13H,4-10H2,1-3H3. The third kappa shape index (κ3) is 2.86. The minimum atomic E-state index is -0.227. The summed E-state index contributed by atoms with van der Waals surface area (Å²) in [6.07, 6.45) is 1.97. The van der Waals surface area contributed by atoms with E-state index in [1.54, 1.807) is 14.1 Å². The summed E-state index contributed by atoms with van der Waals surface area (Å²) in [4.78, 5) is 27.2. The second-order valence-electron chi connectivity index (χ2n) is 7.22. The van der Waals surface area contributed by atoms with Gasteiger partial charge in [0.25, 0.3) is 0 Å². The Labute approximate surface area is 131 Å². The van der Waals surface area contributed by atoms with Crippen molar-refractivity contribution in [3.63, 3.8) is 0 Å². The van der Waals surface area contributed by atoms with Gasteiger partial charge in [-0.25, -0.2) is 0 Å². The van der Waals surface area contributed by atoms with Crippen molar-refractivity contribution in [1.29, 1.82) is 0 Å². The molecule has 6 heteroatoms. The number of likely N-dealkylation sites (N-methyl/N-ethyl adjacent to an activating group) is 1. The maximum atomic E-state index is 12.2. The second kappa shape index (κ2) is 5.81. The molecule has 1 aliphatic carbocycles. The van der Waals surface area contributed by atoms with E-state index in [1.807, 2.05) is 4.90 Å². The number of nitrogens with zero attached hydrogens (tertiary/aromatic N) is 2. The van der Waals surface area contributed by atoms with E-state index in [0.29, 0.717) is 25.6 Å². The molecular formula is C16H26N2O4. The molecule has 1 spiro atoms. The molecule has 3 fully saturated rings. The van der Waals surface area contributed by atoms with Crippen LogP contribution in [0.15, 0.2) is 0 Å². The minimum absolute atomic E-state index is 0.0268. The highest BCUT2D eigenvalue weighted by Crippen LogP contribution is 2.45. The van der Waals surface area contributed by atoms with Gasteiger partial charge in [-0.2, -0.15) is 0 Å². The number of hydrogen-bond acceptors (Lipinski definition) is 4. The Morgan fingerprint density at radius 3 is 2.64 bits per heavy atom. The summed E-state index contributed by atoms with van der Waals surface area (Å²) in [6, 6.07) is 0. The first kappa shape index (κ1) is 15.7. The molecule has 3 rings (SSSR count). The monoisotopic (exact) mass is 310 g/mol. The molecule has 1 saturated carbocycles. The van der Waals surface area contributed by atoms with E-state index in [4.69, 9.17) is 9.47 Å². The van der Waals surface area contributed by atoms with Gasteiger partial charge in [-0.3, -0.25) is 9.59 Å². The van der Waals surface area contributed by atoms with E-state index in [2.05, 4.69) is 6.92 Å². The normalized spacial score (nSPS) is 32.0. The molecule has 6 nitrogen and oxygen atoms in total. The highest BCUT2D eigenvalue weighted by atomic mass is 16.5. The van der Waals surface area contributed by atoms with E-state index in [-0.39, 0.29) is 35.9 Å². The van der Waals surface area contributed by atoms with Crippen molar-refractivity contribution in [3.05, 3.63) is 0 Å². The lowest BCUT2D eigenvalue weighted by atomic mass is 9.81. The van der Waals surface area contributed by atoms with Gasteiger partial charge < -0.3 is 19.3 Å². The Morgan fingerprint density at radius 2 is 2.05 bits per heavy atom. The first-order valence-corrected chi connectivity index (χ1v) is 8.13. The Balaban J connectivity index is 1.46. The van der Waals surface area contributed by atoms with Gasteiger partial charge in [0.15, 0.2) is 0 Å². The van der Waals surface area contributed by atoms with E-state index < -0.39 is 0 Å². The van der Waals surface area contributed by atoms with Gasteiger partial charge in [0.2, 0.25) is 11.8 Å². The molecule has 0 radical (unpaired) electrons. The van der Waals surface area contributed by atoms with Gasteiger partial charge in [0.1, 0.15) is 12.2 Å². The average Bonchev–Trinajstić information content (AvgIpc) is 3.00. The van der Waals surface area contributed by atoms with E-state index >= 15 is 0 Å². The van der Waals surface area contributed by atoms with Crippen LogP contribution in [0.25, 0.3) is 0 Å². The molecule has 0 N–H and O–H groups in total. The van der Waals surface area contributed by atoms with Crippen LogP contribution in [-0.2, 0) is 19.1 Å². The maximum Gasteiger partial charge on any atom is 0.248 e. The van der Waals surface area contributed by atoms with Crippen molar-refractivity contribution in [2.24, 2.45) is 17.8 Å². The summed E-state index contributed by atoms with van der Waals surface area (Å²) in [5.74, 6) is 1.33. The molecule has 2 saturated heterocycles. The molecule has 124 valence electrons. The van der Waals surface area contributed by atoms with E-state index in [1.165, 1.54) is 4.90 Å². The van der Waals surface area contributed by atoms with Crippen LogP contribution in [0.3, 0.4) is 0 Å². The summed E-state index contributed by atoms with van der Waals surface area (Å²) in [5, 5.41) is 0. The van der Waals surface area contributed by atoms with Gasteiger partial charge in [0, 0.05) is 32.5 Å². The third-order valence-electron chi connectivity index (χ3n) is 5.30. The first-order valence-electron chi connectivity index (χ1n) is 8.13. The molecule has 3 aliphatic rings. The molecule has 0 aromatic rings. The molecule has 0 bridgehead atoms. The predicted molar refractivity (Wildman–Crippen MR) is 80.2 cm³/mol. The highest BCUT2D eigenvalue weighted by Gasteiger charge is 2.56. The van der Waals surface area contributed by atoms with Gasteiger partial charge in [0.05, 0.1) is 19.7 Å². The summed E-state index contributed by atoms with van der Waals surface area (Å²) in [6.45, 7) is 4.86. The number of ether oxygens (including phenoxy) is 2. The lowest BCUT2D eigenvalue weighted by Crippen LogP contribution is -2.67. The topological polar surface area (TPSA) is 59.1 Å². The summed E-state index contributed by atoms with van der Waals surface area (Å²) in [7, 11) is 3.44. The van der Waals surface area contributed by atoms with Crippen LogP contribution in [0.2, 0.25) is 0 Å². The zero-order valence-corrected chi connectivity index (χ0v) is 13.7. The molecule has 0 aromatic heterocycles. The molecule has 2 heterocycles. The summed E-state index contributed by atoms with van der Waals surface area (Å²) >= 11 is 0. The quantitative estimate of drug-likeness (QED) is 0.736. The van der Waals surface area contributed by atoms with Crippen molar-refractivity contribution in [2.45, 2.75) is 25.4 Å². The number of carbonyl (C=O) groups is 2. The van der Waals surface area contributed by atoms with Crippen LogP contribution in [0, 0.1) is 17.8 Å². The SMILES string of the molecule is CC1CC1C(=O)N1CC2(C1)OCCC2COCC(=O)N(C)C. The predicted octanol–water partition coefficient (Wildman–Crippen LogP) is 0.365. The third-order valence-corrected chi connectivity index (χ3v) is 5.30. The van der Waals surface area contributed by atoms with Gasteiger partial charge >= 0.3 is 0 Å². The fourth-order valence-electron chi connectivity index (χ4n) is 3.44.